The fourth-order valence-electron chi connectivity index (χ4n) is 1.83. The molecule has 0 fully saturated rings. The molecule has 1 amide bonds. The van der Waals surface area contributed by atoms with Crippen molar-refractivity contribution in [3.8, 4) is 0 Å². The number of nitrogens with zero attached hydrogens (tertiary/aromatic N) is 1. The van der Waals surface area contributed by atoms with Crippen LogP contribution in [0.2, 0.25) is 0 Å². The van der Waals surface area contributed by atoms with Crippen molar-refractivity contribution in [3.63, 3.8) is 0 Å². The van der Waals surface area contributed by atoms with Gasteiger partial charge in [-0.25, -0.2) is 0 Å². The standard InChI is InChI=1S/C14H19F3N2O/c1-10(9-18)19(2)13(20)8-12(14(15,16)17)11-6-4-3-5-7-11/h3-7,10,12H,8-9,18H2,1-2H3. The molecule has 2 N–H and O–H groups in total. The molecule has 0 aliphatic carbocycles. The van der Waals surface area contributed by atoms with Crippen molar-refractivity contribution >= 4 is 5.91 Å². The second kappa shape index (κ2) is 6.74. The van der Waals surface area contributed by atoms with E-state index in [1.165, 1.54) is 36.2 Å². The number of alkyl halides is 3. The van der Waals surface area contributed by atoms with Crippen molar-refractivity contribution in [2.75, 3.05) is 13.6 Å². The zero-order valence-electron chi connectivity index (χ0n) is 11.5. The van der Waals surface area contributed by atoms with Gasteiger partial charge >= 0.3 is 6.18 Å². The lowest BCUT2D eigenvalue weighted by Gasteiger charge is -2.27. The summed E-state index contributed by atoms with van der Waals surface area (Å²) in [5.74, 6) is -2.35. The molecule has 0 spiro atoms. The highest BCUT2D eigenvalue weighted by molar-refractivity contribution is 5.77. The number of rotatable bonds is 5. The molecule has 0 bridgehead atoms. The molecule has 6 heteroatoms. The maximum Gasteiger partial charge on any atom is 0.396 e. The van der Waals surface area contributed by atoms with Crippen LogP contribution in [-0.4, -0.2) is 36.6 Å². The maximum atomic E-state index is 13.1. The van der Waals surface area contributed by atoms with E-state index in [4.69, 9.17) is 5.73 Å². The number of hydrogen-bond acceptors (Lipinski definition) is 2. The van der Waals surface area contributed by atoms with Crippen LogP contribution in [0.1, 0.15) is 24.8 Å². The van der Waals surface area contributed by atoms with Crippen molar-refractivity contribution in [2.24, 2.45) is 5.73 Å². The Balaban J connectivity index is 2.90. The largest absolute Gasteiger partial charge is 0.396 e. The van der Waals surface area contributed by atoms with E-state index in [0.717, 1.165) is 0 Å². The SMILES string of the molecule is CC(CN)N(C)C(=O)CC(c1ccccc1)C(F)(F)F. The molecule has 0 aliphatic rings. The van der Waals surface area contributed by atoms with E-state index in [0.29, 0.717) is 0 Å². The van der Waals surface area contributed by atoms with Gasteiger partial charge in [-0.1, -0.05) is 30.3 Å². The van der Waals surface area contributed by atoms with Gasteiger partial charge in [0, 0.05) is 26.1 Å². The minimum atomic E-state index is -4.45. The number of carbonyl (C=O) groups excluding carboxylic acids is 1. The highest BCUT2D eigenvalue weighted by atomic mass is 19.4. The van der Waals surface area contributed by atoms with Gasteiger partial charge in [0.25, 0.3) is 0 Å². The third-order valence-corrected chi connectivity index (χ3v) is 3.37. The molecule has 0 aliphatic heterocycles. The maximum absolute atomic E-state index is 13.1. The number of carbonyl (C=O) groups is 1. The molecule has 0 radical (unpaired) electrons. The van der Waals surface area contributed by atoms with Crippen molar-refractivity contribution < 1.29 is 18.0 Å². The summed E-state index contributed by atoms with van der Waals surface area (Å²) in [6.45, 7) is 1.91. The number of halogens is 3. The first-order chi connectivity index (χ1) is 9.27. The van der Waals surface area contributed by atoms with Crippen molar-refractivity contribution in [1.82, 2.24) is 4.90 Å². The van der Waals surface area contributed by atoms with E-state index in [9.17, 15) is 18.0 Å². The third-order valence-electron chi connectivity index (χ3n) is 3.37. The fourth-order valence-corrected chi connectivity index (χ4v) is 1.83. The van der Waals surface area contributed by atoms with Gasteiger partial charge in [0.1, 0.15) is 0 Å². The number of hydrogen-bond donors (Lipinski definition) is 1. The Kier molecular flexibility index (Phi) is 5.56. The summed E-state index contributed by atoms with van der Waals surface area (Å²) >= 11 is 0. The predicted octanol–water partition coefficient (Wildman–Crippen LogP) is 2.53. The first kappa shape index (κ1) is 16.5. The van der Waals surface area contributed by atoms with Gasteiger partial charge in [-0.15, -0.1) is 0 Å². The van der Waals surface area contributed by atoms with Gasteiger partial charge in [-0.05, 0) is 12.5 Å². The molecule has 20 heavy (non-hydrogen) atoms. The molecule has 0 aromatic heterocycles. The minimum absolute atomic E-state index is 0.0992. The fraction of sp³-hybridized carbons (Fsp3) is 0.500. The zero-order valence-corrected chi connectivity index (χ0v) is 11.5. The van der Waals surface area contributed by atoms with Crippen LogP contribution in [0, 0.1) is 0 Å². The van der Waals surface area contributed by atoms with Crippen LogP contribution in [0.5, 0.6) is 0 Å². The highest BCUT2D eigenvalue weighted by Gasteiger charge is 2.42. The molecule has 2 unspecified atom stereocenters. The molecule has 0 saturated carbocycles. The van der Waals surface area contributed by atoms with Crippen LogP contribution in [0.25, 0.3) is 0 Å². The average Bonchev–Trinajstić information content (AvgIpc) is 2.42. The Morgan fingerprint density at radius 2 is 1.85 bits per heavy atom. The van der Waals surface area contributed by atoms with Crippen molar-refractivity contribution in [3.05, 3.63) is 35.9 Å². The Bertz CT molecular complexity index is 434. The number of amides is 1. The Morgan fingerprint density at radius 1 is 1.30 bits per heavy atom. The summed E-state index contributed by atoms with van der Waals surface area (Å²) in [4.78, 5) is 13.2. The summed E-state index contributed by atoms with van der Waals surface area (Å²) in [7, 11) is 1.47. The van der Waals surface area contributed by atoms with E-state index in [2.05, 4.69) is 0 Å². The van der Waals surface area contributed by atoms with Gasteiger partial charge in [-0.3, -0.25) is 4.79 Å². The minimum Gasteiger partial charge on any atom is -0.342 e. The van der Waals surface area contributed by atoms with E-state index in [1.54, 1.807) is 13.0 Å². The number of likely N-dealkylation sites (N-methyl/N-ethyl adjacent to an activating group) is 1. The smallest absolute Gasteiger partial charge is 0.342 e. The molecule has 0 heterocycles. The molecular weight excluding hydrogens is 269 g/mol. The Hall–Kier alpha value is -1.56. The molecule has 2 atom stereocenters. The summed E-state index contributed by atoms with van der Waals surface area (Å²) in [5, 5.41) is 0. The van der Waals surface area contributed by atoms with Crippen LogP contribution in [0.15, 0.2) is 30.3 Å². The number of benzene rings is 1. The summed E-state index contributed by atoms with van der Waals surface area (Å²) in [6.07, 6.45) is -5.06. The van der Waals surface area contributed by atoms with E-state index in [1.807, 2.05) is 0 Å². The van der Waals surface area contributed by atoms with Crippen LogP contribution in [-0.2, 0) is 4.79 Å². The van der Waals surface area contributed by atoms with E-state index < -0.39 is 24.4 Å². The lowest BCUT2D eigenvalue weighted by molar-refractivity contribution is -0.160. The first-order valence-corrected chi connectivity index (χ1v) is 6.34. The highest BCUT2D eigenvalue weighted by Crippen LogP contribution is 2.37. The monoisotopic (exact) mass is 288 g/mol. The van der Waals surface area contributed by atoms with Crippen LogP contribution in [0.4, 0.5) is 13.2 Å². The van der Waals surface area contributed by atoms with Gasteiger partial charge in [0.2, 0.25) is 5.91 Å². The summed E-state index contributed by atoms with van der Waals surface area (Å²) < 4.78 is 39.4. The van der Waals surface area contributed by atoms with Crippen LogP contribution >= 0.6 is 0 Å². The zero-order chi connectivity index (χ0) is 15.3. The lowest BCUT2D eigenvalue weighted by Crippen LogP contribution is -2.41. The van der Waals surface area contributed by atoms with Gasteiger partial charge in [-0.2, -0.15) is 13.2 Å². The van der Waals surface area contributed by atoms with Crippen LogP contribution < -0.4 is 5.73 Å². The Morgan fingerprint density at radius 3 is 2.30 bits per heavy atom. The molecule has 0 saturated heterocycles. The molecule has 1 aromatic carbocycles. The molecular formula is C14H19F3N2O. The van der Waals surface area contributed by atoms with Gasteiger partial charge < -0.3 is 10.6 Å². The summed E-state index contributed by atoms with van der Waals surface area (Å²) in [6, 6.07) is 7.19. The second-order valence-electron chi connectivity index (χ2n) is 4.80. The first-order valence-electron chi connectivity index (χ1n) is 6.34. The third kappa shape index (κ3) is 4.23. The normalized spacial score (nSPS) is 14.7. The molecule has 112 valence electrons. The van der Waals surface area contributed by atoms with Gasteiger partial charge in [0.05, 0.1) is 5.92 Å². The second-order valence-corrected chi connectivity index (χ2v) is 4.80. The molecule has 1 aromatic rings. The van der Waals surface area contributed by atoms with Crippen molar-refractivity contribution in [2.45, 2.75) is 31.5 Å². The molecule has 1 rings (SSSR count). The predicted molar refractivity (Wildman–Crippen MR) is 71.1 cm³/mol. The van der Waals surface area contributed by atoms with E-state index >= 15 is 0 Å². The summed E-state index contributed by atoms with van der Waals surface area (Å²) in [5.41, 5.74) is 5.52. The quantitative estimate of drug-likeness (QED) is 0.905. The Labute approximate surface area is 116 Å². The lowest BCUT2D eigenvalue weighted by atomic mass is 9.94. The van der Waals surface area contributed by atoms with Crippen LogP contribution in [0.3, 0.4) is 0 Å². The number of nitrogens with two attached hydrogens (primary N) is 1. The topological polar surface area (TPSA) is 46.3 Å². The molecule has 3 nitrogen and oxygen atoms in total. The van der Waals surface area contributed by atoms with E-state index in [-0.39, 0.29) is 18.2 Å². The average molecular weight is 288 g/mol. The van der Waals surface area contributed by atoms with Gasteiger partial charge in [0.15, 0.2) is 0 Å². The van der Waals surface area contributed by atoms with Crippen molar-refractivity contribution in [1.29, 1.82) is 0 Å².